The number of nitrogens with one attached hydrogen (secondary N) is 2. The lowest BCUT2D eigenvalue weighted by atomic mass is 9.92. The van der Waals surface area contributed by atoms with Gasteiger partial charge in [-0.05, 0) is 50.2 Å². The number of aryl methyl sites for hydroxylation is 1. The molecule has 0 unspecified atom stereocenters. The van der Waals surface area contributed by atoms with E-state index in [0.717, 1.165) is 37.7 Å². The maximum atomic E-state index is 10.4. The molecule has 1 amide bonds. The van der Waals surface area contributed by atoms with E-state index in [9.17, 15) is 4.79 Å². The van der Waals surface area contributed by atoms with Gasteiger partial charge in [0.2, 0.25) is 0 Å². The molecule has 0 fully saturated rings. The number of aromatic nitrogens is 1. The normalized spacial score (nSPS) is 13.2. The largest absolute Gasteiger partial charge is 0.465 e. The Hall–Kier alpha value is -2.30. The molecule has 0 spiro atoms. The molecule has 29 heavy (non-hydrogen) atoms. The molecule has 2 aromatic rings. The van der Waals surface area contributed by atoms with Gasteiger partial charge in [0, 0.05) is 29.9 Å². The number of nitrogens with zero attached hydrogens (tertiary/aromatic N) is 1. The Labute approximate surface area is 174 Å². The van der Waals surface area contributed by atoms with Gasteiger partial charge in [0.05, 0.1) is 5.52 Å². The molecular weight excluding hydrogens is 362 g/mol. The first-order valence-electron chi connectivity index (χ1n) is 11.4. The van der Waals surface area contributed by atoms with Gasteiger partial charge in [-0.15, -0.1) is 0 Å². The number of para-hydroxylation sites is 1. The molecule has 0 saturated carbocycles. The molecule has 3 N–H and O–H groups in total. The zero-order valence-electron chi connectivity index (χ0n) is 17.5. The van der Waals surface area contributed by atoms with Crippen LogP contribution < -0.4 is 10.6 Å². The topological polar surface area (TPSA) is 74.2 Å². The van der Waals surface area contributed by atoms with Gasteiger partial charge >= 0.3 is 6.09 Å². The van der Waals surface area contributed by atoms with Crippen LogP contribution in [0, 0.1) is 0 Å². The van der Waals surface area contributed by atoms with Crippen LogP contribution in [0.5, 0.6) is 0 Å². The number of carboxylic acid groups (broad SMARTS) is 1. The lowest BCUT2D eigenvalue weighted by molar-refractivity contribution is 0.194. The van der Waals surface area contributed by atoms with Crippen molar-refractivity contribution in [3.8, 4) is 0 Å². The van der Waals surface area contributed by atoms with E-state index in [0.29, 0.717) is 6.54 Å². The lowest BCUT2D eigenvalue weighted by Gasteiger charge is -2.21. The van der Waals surface area contributed by atoms with Crippen LogP contribution >= 0.6 is 0 Å². The van der Waals surface area contributed by atoms with E-state index in [1.807, 2.05) is 0 Å². The summed E-state index contributed by atoms with van der Waals surface area (Å²) in [7, 11) is 0. The predicted molar refractivity (Wildman–Crippen MR) is 120 cm³/mol. The number of carbonyl (C=O) groups is 1. The van der Waals surface area contributed by atoms with Crippen molar-refractivity contribution >= 4 is 22.7 Å². The number of rotatable bonds is 12. The first-order chi connectivity index (χ1) is 14.3. The van der Waals surface area contributed by atoms with Crippen LogP contribution in [0.1, 0.15) is 75.5 Å². The summed E-state index contributed by atoms with van der Waals surface area (Å²) < 4.78 is 0. The standard InChI is InChI=1S/C24H35N3O2/c28-24(29)26-18-12-6-4-2-1-3-5-11-17-25-23-19-13-7-9-15-21(19)27-22-16-10-8-14-20(22)23/h7,9,13,15,26H,1-6,8,10-12,14,16-18H2,(H,25,27)(H,28,29). The quantitative estimate of drug-likeness (QED) is 0.389. The van der Waals surface area contributed by atoms with Crippen LogP contribution in [-0.2, 0) is 12.8 Å². The van der Waals surface area contributed by atoms with Crippen molar-refractivity contribution < 1.29 is 9.90 Å². The monoisotopic (exact) mass is 397 g/mol. The van der Waals surface area contributed by atoms with E-state index in [1.54, 1.807) is 0 Å². The van der Waals surface area contributed by atoms with E-state index in [2.05, 4.69) is 34.9 Å². The summed E-state index contributed by atoms with van der Waals surface area (Å²) in [5.41, 5.74) is 5.21. The number of anilines is 1. The Morgan fingerprint density at radius 3 is 2.31 bits per heavy atom. The van der Waals surface area contributed by atoms with Gasteiger partial charge in [0.1, 0.15) is 0 Å². The van der Waals surface area contributed by atoms with E-state index in [4.69, 9.17) is 10.1 Å². The van der Waals surface area contributed by atoms with Crippen LogP contribution in [0.3, 0.4) is 0 Å². The van der Waals surface area contributed by atoms with Crippen molar-refractivity contribution in [3.05, 3.63) is 35.5 Å². The van der Waals surface area contributed by atoms with Crippen molar-refractivity contribution in [1.29, 1.82) is 0 Å². The Balaban J connectivity index is 1.35. The van der Waals surface area contributed by atoms with E-state index in [1.165, 1.54) is 73.7 Å². The zero-order valence-corrected chi connectivity index (χ0v) is 17.5. The fraction of sp³-hybridized carbons (Fsp3) is 0.583. The first kappa shape index (κ1) is 21.4. The van der Waals surface area contributed by atoms with Gasteiger partial charge in [0.15, 0.2) is 0 Å². The van der Waals surface area contributed by atoms with Gasteiger partial charge in [0.25, 0.3) is 0 Å². The van der Waals surface area contributed by atoms with E-state index >= 15 is 0 Å². The third-order valence-electron chi connectivity index (χ3n) is 5.85. The first-order valence-corrected chi connectivity index (χ1v) is 11.4. The highest BCUT2D eigenvalue weighted by atomic mass is 16.4. The summed E-state index contributed by atoms with van der Waals surface area (Å²) >= 11 is 0. The molecule has 1 heterocycles. The lowest BCUT2D eigenvalue weighted by Crippen LogP contribution is -2.21. The molecule has 5 nitrogen and oxygen atoms in total. The Morgan fingerprint density at radius 2 is 1.55 bits per heavy atom. The Morgan fingerprint density at radius 1 is 0.897 bits per heavy atom. The minimum Gasteiger partial charge on any atom is -0.465 e. The number of fused-ring (bicyclic) bond motifs is 2. The van der Waals surface area contributed by atoms with Crippen LogP contribution in [0.25, 0.3) is 10.9 Å². The fourth-order valence-electron chi connectivity index (χ4n) is 4.29. The molecule has 1 aromatic heterocycles. The van der Waals surface area contributed by atoms with Crippen LogP contribution in [0.4, 0.5) is 10.5 Å². The maximum Gasteiger partial charge on any atom is 0.404 e. The molecule has 0 atom stereocenters. The number of hydrogen-bond donors (Lipinski definition) is 3. The van der Waals surface area contributed by atoms with Crippen LogP contribution in [0.2, 0.25) is 0 Å². The minimum atomic E-state index is -0.918. The third kappa shape index (κ3) is 6.62. The summed E-state index contributed by atoms with van der Waals surface area (Å²) in [6.07, 6.45) is 13.4. The number of benzene rings is 1. The van der Waals surface area contributed by atoms with Gasteiger partial charge in [-0.3, -0.25) is 4.98 Å². The summed E-state index contributed by atoms with van der Waals surface area (Å²) in [5, 5.41) is 16.0. The highest BCUT2D eigenvalue weighted by molar-refractivity contribution is 5.93. The van der Waals surface area contributed by atoms with Crippen molar-refractivity contribution in [2.45, 2.75) is 77.0 Å². The molecule has 5 heteroatoms. The Kier molecular flexibility index (Phi) is 8.59. The molecule has 0 bridgehead atoms. The fourth-order valence-corrected chi connectivity index (χ4v) is 4.29. The van der Waals surface area contributed by atoms with Gasteiger partial charge < -0.3 is 15.7 Å². The van der Waals surface area contributed by atoms with Gasteiger partial charge in [-0.1, -0.05) is 56.7 Å². The van der Waals surface area contributed by atoms with E-state index in [-0.39, 0.29) is 0 Å². The van der Waals surface area contributed by atoms with Crippen molar-refractivity contribution in [3.63, 3.8) is 0 Å². The minimum absolute atomic E-state index is 0.578. The third-order valence-corrected chi connectivity index (χ3v) is 5.85. The number of unbranched alkanes of at least 4 members (excludes halogenated alkanes) is 7. The molecule has 0 aliphatic heterocycles. The Bertz CT molecular complexity index is 791. The molecule has 0 saturated heterocycles. The smallest absolute Gasteiger partial charge is 0.404 e. The number of amides is 1. The van der Waals surface area contributed by atoms with Crippen molar-refractivity contribution in [2.24, 2.45) is 0 Å². The summed E-state index contributed by atoms with van der Waals surface area (Å²) in [4.78, 5) is 15.3. The summed E-state index contributed by atoms with van der Waals surface area (Å²) in [6, 6.07) is 8.53. The average Bonchev–Trinajstić information content (AvgIpc) is 2.73. The molecule has 1 aromatic carbocycles. The van der Waals surface area contributed by atoms with E-state index < -0.39 is 6.09 Å². The molecule has 158 valence electrons. The number of hydrogen-bond acceptors (Lipinski definition) is 3. The molecule has 1 aliphatic rings. The second-order valence-corrected chi connectivity index (χ2v) is 8.12. The maximum absolute atomic E-state index is 10.4. The van der Waals surface area contributed by atoms with Crippen molar-refractivity contribution in [2.75, 3.05) is 18.4 Å². The summed E-state index contributed by atoms with van der Waals surface area (Å²) in [6.45, 7) is 1.61. The van der Waals surface area contributed by atoms with Gasteiger partial charge in [-0.25, -0.2) is 4.79 Å². The second kappa shape index (κ2) is 11.6. The molecule has 3 rings (SSSR count). The highest BCUT2D eigenvalue weighted by Crippen LogP contribution is 2.33. The SMILES string of the molecule is O=C(O)NCCCCCCCCCCNc1c2c(nc3ccccc13)CCCC2. The summed E-state index contributed by atoms with van der Waals surface area (Å²) in [5.74, 6) is 0. The highest BCUT2D eigenvalue weighted by Gasteiger charge is 2.17. The second-order valence-electron chi connectivity index (χ2n) is 8.12. The van der Waals surface area contributed by atoms with Crippen LogP contribution in [0.15, 0.2) is 24.3 Å². The van der Waals surface area contributed by atoms with Gasteiger partial charge in [-0.2, -0.15) is 0 Å². The number of pyridine rings is 1. The zero-order chi connectivity index (χ0) is 20.3. The molecular formula is C24H35N3O2. The molecule has 1 aliphatic carbocycles. The van der Waals surface area contributed by atoms with Crippen molar-refractivity contribution in [1.82, 2.24) is 10.3 Å². The average molecular weight is 398 g/mol. The molecule has 0 radical (unpaired) electrons. The predicted octanol–water partition coefficient (Wildman–Crippen LogP) is 5.91. The van der Waals surface area contributed by atoms with Crippen LogP contribution in [-0.4, -0.2) is 29.3 Å².